The lowest BCUT2D eigenvalue weighted by Gasteiger charge is -2.21. The number of carboxylic acids is 1. The van der Waals surface area contributed by atoms with Gasteiger partial charge in [0, 0.05) is 19.6 Å². The van der Waals surface area contributed by atoms with Gasteiger partial charge >= 0.3 is 5.97 Å². The van der Waals surface area contributed by atoms with E-state index in [2.05, 4.69) is 6.92 Å². The summed E-state index contributed by atoms with van der Waals surface area (Å²) < 4.78 is 5.33. The fraction of sp³-hybridized carbons (Fsp3) is 0.818. The normalized spacial score (nSPS) is 20.4. The average molecular weight is 229 g/mol. The standard InChI is InChI=1S/C11H19NO4/c1-2-3-7-16-8-6-12-9(11(14)15)4-5-10(12)13/h9H,2-8H2,1H3,(H,14,15). The van der Waals surface area contributed by atoms with E-state index in [-0.39, 0.29) is 5.91 Å². The first-order valence-corrected chi connectivity index (χ1v) is 5.76. The Kier molecular flexibility index (Phi) is 5.25. The highest BCUT2D eigenvalue weighted by Gasteiger charge is 2.35. The molecule has 16 heavy (non-hydrogen) atoms. The van der Waals surface area contributed by atoms with Gasteiger partial charge in [-0.3, -0.25) is 4.79 Å². The first-order chi connectivity index (χ1) is 7.66. The van der Waals surface area contributed by atoms with E-state index < -0.39 is 12.0 Å². The van der Waals surface area contributed by atoms with Crippen molar-refractivity contribution in [2.75, 3.05) is 19.8 Å². The van der Waals surface area contributed by atoms with Crippen molar-refractivity contribution in [1.29, 1.82) is 0 Å². The van der Waals surface area contributed by atoms with Gasteiger partial charge in [0.1, 0.15) is 6.04 Å². The Morgan fingerprint density at radius 3 is 2.94 bits per heavy atom. The van der Waals surface area contributed by atoms with Crippen LogP contribution in [0.4, 0.5) is 0 Å². The molecule has 0 bridgehead atoms. The maximum Gasteiger partial charge on any atom is 0.326 e. The largest absolute Gasteiger partial charge is 0.480 e. The molecule has 1 unspecified atom stereocenters. The second-order valence-electron chi connectivity index (χ2n) is 3.95. The van der Waals surface area contributed by atoms with Crippen LogP contribution in [-0.4, -0.2) is 47.7 Å². The SMILES string of the molecule is CCCCOCCN1C(=O)CCC1C(=O)O. The number of unbranched alkanes of at least 4 members (excludes halogenated alkanes) is 1. The number of aliphatic carboxylic acids is 1. The van der Waals surface area contributed by atoms with Gasteiger partial charge < -0.3 is 14.7 Å². The number of carbonyl (C=O) groups is 2. The van der Waals surface area contributed by atoms with Crippen LogP contribution in [0.2, 0.25) is 0 Å². The molecule has 0 aromatic rings. The molecule has 1 fully saturated rings. The molecule has 0 saturated carbocycles. The maximum absolute atomic E-state index is 11.4. The summed E-state index contributed by atoms with van der Waals surface area (Å²) in [5.41, 5.74) is 0. The Balaban J connectivity index is 2.27. The molecule has 1 rings (SSSR count). The van der Waals surface area contributed by atoms with Crippen LogP contribution >= 0.6 is 0 Å². The van der Waals surface area contributed by atoms with Crippen LogP contribution in [0.1, 0.15) is 32.6 Å². The topological polar surface area (TPSA) is 66.8 Å². The molecule has 5 heteroatoms. The zero-order chi connectivity index (χ0) is 12.0. The fourth-order valence-corrected chi connectivity index (χ4v) is 1.78. The van der Waals surface area contributed by atoms with Crippen LogP contribution in [-0.2, 0) is 14.3 Å². The molecular weight excluding hydrogens is 210 g/mol. The highest BCUT2D eigenvalue weighted by atomic mass is 16.5. The molecule has 0 aliphatic carbocycles. The number of amides is 1. The van der Waals surface area contributed by atoms with Crippen LogP contribution in [0, 0.1) is 0 Å². The third-order valence-electron chi connectivity index (χ3n) is 2.73. The zero-order valence-electron chi connectivity index (χ0n) is 9.65. The number of likely N-dealkylation sites (tertiary alicyclic amines) is 1. The first kappa shape index (κ1) is 13.0. The number of ether oxygens (including phenoxy) is 1. The van der Waals surface area contributed by atoms with Crippen molar-refractivity contribution in [2.45, 2.75) is 38.6 Å². The van der Waals surface area contributed by atoms with Crippen LogP contribution < -0.4 is 0 Å². The Labute approximate surface area is 95.4 Å². The summed E-state index contributed by atoms with van der Waals surface area (Å²) in [6, 6.07) is -0.651. The van der Waals surface area contributed by atoms with Gasteiger partial charge in [-0.15, -0.1) is 0 Å². The molecule has 5 nitrogen and oxygen atoms in total. The number of rotatable bonds is 7. The predicted octanol–water partition coefficient (Wildman–Crippen LogP) is 0.879. The second-order valence-corrected chi connectivity index (χ2v) is 3.95. The molecule has 92 valence electrons. The molecule has 1 atom stereocenters. The monoisotopic (exact) mass is 229 g/mol. The summed E-state index contributed by atoms with van der Waals surface area (Å²) >= 11 is 0. The predicted molar refractivity (Wildman–Crippen MR) is 58.1 cm³/mol. The molecule has 1 N–H and O–H groups in total. The molecule has 0 aromatic carbocycles. The van der Waals surface area contributed by atoms with Gasteiger partial charge in [0.05, 0.1) is 6.61 Å². The molecule has 0 radical (unpaired) electrons. The maximum atomic E-state index is 11.4. The van der Waals surface area contributed by atoms with Gasteiger partial charge in [0.2, 0.25) is 5.91 Å². The molecular formula is C11H19NO4. The van der Waals surface area contributed by atoms with Crippen molar-refractivity contribution in [3.05, 3.63) is 0 Å². The fourth-order valence-electron chi connectivity index (χ4n) is 1.78. The van der Waals surface area contributed by atoms with Crippen LogP contribution in [0.3, 0.4) is 0 Å². The van der Waals surface area contributed by atoms with Gasteiger partial charge in [0.25, 0.3) is 0 Å². The van der Waals surface area contributed by atoms with Crippen molar-refractivity contribution in [2.24, 2.45) is 0 Å². The van der Waals surface area contributed by atoms with E-state index in [1.165, 1.54) is 4.90 Å². The average Bonchev–Trinajstić information content (AvgIpc) is 2.60. The molecule has 1 saturated heterocycles. The van der Waals surface area contributed by atoms with E-state index in [1.54, 1.807) is 0 Å². The summed E-state index contributed by atoms with van der Waals surface area (Å²) in [6.07, 6.45) is 2.83. The highest BCUT2D eigenvalue weighted by molar-refractivity contribution is 5.87. The van der Waals surface area contributed by atoms with Crippen LogP contribution in [0.25, 0.3) is 0 Å². The van der Waals surface area contributed by atoms with E-state index in [9.17, 15) is 9.59 Å². The van der Waals surface area contributed by atoms with Crippen LogP contribution in [0.5, 0.6) is 0 Å². The molecule has 1 aliphatic rings. The smallest absolute Gasteiger partial charge is 0.326 e. The van der Waals surface area contributed by atoms with Gasteiger partial charge in [-0.1, -0.05) is 13.3 Å². The molecule has 1 heterocycles. The Bertz CT molecular complexity index is 254. The van der Waals surface area contributed by atoms with Gasteiger partial charge in [-0.2, -0.15) is 0 Å². The molecule has 1 aliphatic heterocycles. The van der Waals surface area contributed by atoms with Gasteiger partial charge in [0.15, 0.2) is 0 Å². The summed E-state index contributed by atoms with van der Waals surface area (Å²) in [7, 11) is 0. The van der Waals surface area contributed by atoms with E-state index in [0.717, 1.165) is 12.8 Å². The Morgan fingerprint density at radius 2 is 2.31 bits per heavy atom. The zero-order valence-corrected chi connectivity index (χ0v) is 9.65. The van der Waals surface area contributed by atoms with Gasteiger partial charge in [-0.25, -0.2) is 4.79 Å². The lowest BCUT2D eigenvalue weighted by Crippen LogP contribution is -2.40. The highest BCUT2D eigenvalue weighted by Crippen LogP contribution is 2.18. The number of nitrogens with zero attached hydrogens (tertiary/aromatic N) is 1. The lowest BCUT2D eigenvalue weighted by molar-refractivity contribution is -0.146. The van der Waals surface area contributed by atoms with Crippen molar-refractivity contribution in [3.8, 4) is 0 Å². The van der Waals surface area contributed by atoms with Crippen LogP contribution in [0.15, 0.2) is 0 Å². The summed E-state index contributed by atoms with van der Waals surface area (Å²) in [5.74, 6) is -0.995. The van der Waals surface area contributed by atoms with Crippen molar-refractivity contribution < 1.29 is 19.4 Å². The third-order valence-corrected chi connectivity index (χ3v) is 2.73. The molecule has 0 aromatic heterocycles. The Hall–Kier alpha value is -1.10. The number of hydrogen-bond acceptors (Lipinski definition) is 3. The first-order valence-electron chi connectivity index (χ1n) is 5.76. The second kappa shape index (κ2) is 6.48. The third kappa shape index (κ3) is 3.48. The van der Waals surface area contributed by atoms with E-state index in [4.69, 9.17) is 9.84 Å². The number of carbonyl (C=O) groups excluding carboxylic acids is 1. The van der Waals surface area contributed by atoms with E-state index >= 15 is 0 Å². The lowest BCUT2D eigenvalue weighted by atomic mass is 10.2. The molecule has 1 amide bonds. The van der Waals surface area contributed by atoms with Crippen molar-refractivity contribution >= 4 is 11.9 Å². The number of hydrogen-bond donors (Lipinski definition) is 1. The summed E-state index contributed by atoms with van der Waals surface area (Å²) in [4.78, 5) is 23.7. The number of carboxylic acid groups (broad SMARTS) is 1. The summed E-state index contributed by atoms with van der Waals surface area (Å²) in [6.45, 7) is 3.57. The van der Waals surface area contributed by atoms with Gasteiger partial charge in [-0.05, 0) is 12.8 Å². The van der Waals surface area contributed by atoms with E-state index in [1.807, 2.05) is 0 Å². The Morgan fingerprint density at radius 1 is 1.56 bits per heavy atom. The van der Waals surface area contributed by atoms with Crippen molar-refractivity contribution in [3.63, 3.8) is 0 Å². The minimum Gasteiger partial charge on any atom is -0.480 e. The van der Waals surface area contributed by atoms with E-state index in [0.29, 0.717) is 32.6 Å². The molecule has 0 spiro atoms. The minimum absolute atomic E-state index is 0.0773. The van der Waals surface area contributed by atoms with Crippen molar-refractivity contribution in [1.82, 2.24) is 4.90 Å². The minimum atomic E-state index is -0.917. The summed E-state index contributed by atoms with van der Waals surface area (Å²) in [5, 5.41) is 8.91. The quantitative estimate of drug-likeness (QED) is 0.658.